The van der Waals surface area contributed by atoms with Crippen molar-refractivity contribution in [3.63, 3.8) is 0 Å². The Bertz CT molecular complexity index is 403. The molecule has 4 heteroatoms. The lowest BCUT2D eigenvalue weighted by Gasteiger charge is -2.40. The minimum Gasteiger partial charge on any atom is -0.292 e. The Hall–Kier alpha value is -1.16. The predicted octanol–water partition coefficient (Wildman–Crippen LogP) is 2.99. The van der Waals surface area contributed by atoms with Crippen LogP contribution in [-0.2, 0) is 6.54 Å². The first-order valence-electron chi connectivity index (χ1n) is 7.41. The van der Waals surface area contributed by atoms with Gasteiger partial charge >= 0.3 is 0 Å². The van der Waals surface area contributed by atoms with Crippen molar-refractivity contribution >= 4 is 5.78 Å². The van der Waals surface area contributed by atoms with Crippen molar-refractivity contribution in [2.45, 2.75) is 59.5 Å². The zero-order chi connectivity index (χ0) is 14.5. The molecule has 19 heavy (non-hydrogen) atoms. The number of aryl methyl sites for hydroxylation is 1. The van der Waals surface area contributed by atoms with Crippen LogP contribution in [0.3, 0.4) is 0 Å². The highest BCUT2D eigenvalue weighted by atomic mass is 16.1. The first-order valence-corrected chi connectivity index (χ1v) is 7.41. The lowest BCUT2D eigenvalue weighted by Crippen LogP contribution is -2.53. The first kappa shape index (κ1) is 15.9. The molecule has 4 nitrogen and oxygen atoms in total. The van der Waals surface area contributed by atoms with Crippen LogP contribution in [0.5, 0.6) is 0 Å². The quantitative estimate of drug-likeness (QED) is 0.678. The van der Waals surface area contributed by atoms with Gasteiger partial charge in [-0.3, -0.25) is 14.4 Å². The molecule has 0 saturated heterocycles. The Morgan fingerprint density at radius 1 is 1.21 bits per heavy atom. The van der Waals surface area contributed by atoms with Gasteiger partial charge in [-0.05, 0) is 32.9 Å². The van der Waals surface area contributed by atoms with E-state index in [4.69, 9.17) is 0 Å². The van der Waals surface area contributed by atoms with Gasteiger partial charge in [0.1, 0.15) is 0 Å². The number of likely N-dealkylation sites (N-methyl/N-ethyl adjacent to an activating group) is 1. The van der Waals surface area contributed by atoms with Crippen LogP contribution in [0, 0.1) is 0 Å². The maximum Gasteiger partial charge on any atom is 0.186 e. The third-order valence-corrected chi connectivity index (χ3v) is 4.18. The highest BCUT2D eigenvalue weighted by Crippen LogP contribution is 2.28. The average Bonchev–Trinajstić information content (AvgIpc) is 2.93. The third-order valence-electron chi connectivity index (χ3n) is 4.18. The van der Waals surface area contributed by atoms with Gasteiger partial charge in [0.2, 0.25) is 0 Å². The van der Waals surface area contributed by atoms with Crippen LogP contribution in [0.15, 0.2) is 12.4 Å². The summed E-state index contributed by atoms with van der Waals surface area (Å²) in [4.78, 5) is 15.2. The lowest BCUT2D eigenvalue weighted by atomic mass is 9.83. The van der Waals surface area contributed by atoms with Gasteiger partial charge in [0.25, 0.3) is 0 Å². The Balaban J connectivity index is 3.14. The number of hydrogen-bond donors (Lipinski definition) is 0. The number of carbonyl (C=O) groups excluding carboxylic acids is 1. The van der Waals surface area contributed by atoms with Gasteiger partial charge in [0.05, 0.1) is 17.3 Å². The van der Waals surface area contributed by atoms with E-state index in [1.165, 1.54) is 0 Å². The van der Waals surface area contributed by atoms with Gasteiger partial charge in [0, 0.05) is 12.7 Å². The molecule has 0 bridgehead atoms. The number of aromatic nitrogens is 2. The van der Waals surface area contributed by atoms with Crippen LogP contribution in [0.4, 0.5) is 0 Å². The minimum absolute atomic E-state index is 0.209. The molecule has 0 aliphatic carbocycles. The van der Waals surface area contributed by atoms with Crippen molar-refractivity contribution in [1.82, 2.24) is 14.7 Å². The van der Waals surface area contributed by atoms with Crippen LogP contribution in [0.25, 0.3) is 0 Å². The lowest BCUT2D eigenvalue weighted by molar-refractivity contribution is 0.0535. The molecule has 1 aromatic heterocycles. The fraction of sp³-hybridized carbons (Fsp3) is 0.733. The van der Waals surface area contributed by atoms with Gasteiger partial charge in [-0.2, -0.15) is 5.10 Å². The molecule has 0 N–H and O–H groups in total. The smallest absolute Gasteiger partial charge is 0.186 e. The summed E-state index contributed by atoms with van der Waals surface area (Å²) >= 11 is 0. The Morgan fingerprint density at radius 2 is 1.79 bits per heavy atom. The van der Waals surface area contributed by atoms with E-state index in [1.807, 2.05) is 17.8 Å². The third kappa shape index (κ3) is 2.89. The van der Waals surface area contributed by atoms with Crippen LogP contribution in [-0.4, -0.2) is 39.1 Å². The van der Waals surface area contributed by atoms with E-state index in [1.54, 1.807) is 6.20 Å². The predicted molar refractivity (Wildman–Crippen MR) is 78.5 cm³/mol. The van der Waals surface area contributed by atoms with Crippen molar-refractivity contribution in [3.8, 4) is 0 Å². The molecule has 0 unspecified atom stereocenters. The molecule has 0 radical (unpaired) electrons. The van der Waals surface area contributed by atoms with Gasteiger partial charge < -0.3 is 0 Å². The molecule has 0 spiro atoms. The second kappa shape index (κ2) is 6.85. The van der Waals surface area contributed by atoms with Gasteiger partial charge in [-0.25, -0.2) is 0 Å². The van der Waals surface area contributed by atoms with Crippen molar-refractivity contribution in [2.24, 2.45) is 0 Å². The zero-order valence-corrected chi connectivity index (χ0v) is 12.9. The topological polar surface area (TPSA) is 38.1 Å². The van der Waals surface area contributed by atoms with Gasteiger partial charge in [-0.15, -0.1) is 0 Å². The zero-order valence-electron chi connectivity index (χ0n) is 12.9. The highest BCUT2D eigenvalue weighted by molar-refractivity contribution is 6.02. The average molecular weight is 265 g/mol. The van der Waals surface area contributed by atoms with Crippen molar-refractivity contribution in [3.05, 3.63) is 18.0 Å². The summed E-state index contributed by atoms with van der Waals surface area (Å²) in [6, 6.07) is 0. The van der Waals surface area contributed by atoms with E-state index in [2.05, 4.69) is 37.7 Å². The SMILES string of the molecule is CCN(CC)C(CC)(CC)C(=O)c1cnn(CC)c1. The largest absolute Gasteiger partial charge is 0.292 e. The van der Waals surface area contributed by atoms with Crippen molar-refractivity contribution < 1.29 is 4.79 Å². The summed E-state index contributed by atoms with van der Waals surface area (Å²) in [7, 11) is 0. The van der Waals surface area contributed by atoms with Gasteiger partial charge in [0.15, 0.2) is 5.78 Å². The summed E-state index contributed by atoms with van der Waals surface area (Å²) in [5, 5.41) is 4.23. The number of nitrogens with zero attached hydrogens (tertiary/aromatic N) is 3. The van der Waals surface area contributed by atoms with E-state index in [-0.39, 0.29) is 11.3 Å². The minimum atomic E-state index is -0.384. The fourth-order valence-corrected chi connectivity index (χ4v) is 2.91. The maximum absolute atomic E-state index is 12.9. The molecule has 0 aliphatic rings. The van der Waals surface area contributed by atoms with E-state index in [9.17, 15) is 4.79 Å². The molecular weight excluding hydrogens is 238 g/mol. The van der Waals surface area contributed by atoms with E-state index in [0.29, 0.717) is 0 Å². The summed E-state index contributed by atoms with van der Waals surface area (Å²) < 4.78 is 1.81. The first-order chi connectivity index (χ1) is 9.09. The normalized spacial score (nSPS) is 12.1. The molecular formula is C15H27N3O. The van der Waals surface area contributed by atoms with Crippen molar-refractivity contribution in [1.29, 1.82) is 0 Å². The molecule has 0 saturated carbocycles. The monoisotopic (exact) mass is 265 g/mol. The summed E-state index contributed by atoms with van der Waals surface area (Å²) in [6.45, 7) is 13.0. The van der Waals surface area contributed by atoms with Crippen LogP contribution >= 0.6 is 0 Å². The molecule has 0 atom stereocenters. The molecule has 0 aromatic carbocycles. The molecule has 0 fully saturated rings. The molecule has 1 aromatic rings. The Kier molecular flexibility index (Phi) is 5.73. The van der Waals surface area contributed by atoms with Gasteiger partial charge in [-0.1, -0.05) is 27.7 Å². The maximum atomic E-state index is 12.9. The number of Topliss-reactive ketones (excluding diaryl/α,β-unsaturated/α-hetero) is 1. The van der Waals surface area contributed by atoms with Crippen LogP contribution < -0.4 is 0 Å². The van der Waals surface area contributed by atoms with E-state index < -0.39 is 0 Å². The number of ketones is 1. The van der Waals surface area contributed by atoms with E-state index >= 15 is 0 Å². The number of rotatable bonds is 8. The van der Waals surface area contributed by atoms with Crippen molar-refractivity contribution in [2.75, 3.05) is 13.1 Å². The molecule has 0 aliphatic heterocycles. The summed E-state index contributed by atoms with van der Waals surface area (Å²) in [5.41, 5.74) is 0.350. The molecule has 0 amide bonds. The molecule has 1 heterocycles. The second-order valence-corrected chi connectivity index (χ2v) is 4.82. The summed E-state index contributed by atoms with van der Waals surface area (Å²) in [6.07, 6.45) is 5.24. The number of hydrogen-bond acceptors (Lipinski definition) is 3. The van der Waals surface area contributed by atoms with Crippen LogP contribution in [0.2, 0.25) is 0 Å². The number of carbonyl (C=O) groups is 1. The van der Waals surface area contributed by atoms with Crippen LogP contribution in [0.1, 0.15) is 57.8 Å². The van der Waals surface area contributed by atoms with E-state index in [0.717, 1.165) is 38.0 Å². The summed E-state index contributed by atoms with van der Waals surface area (Å²) in [5.74, 6) is 0.209. The Morgan fingerprint density at radius 3 is 2.16 bits per heavy atom. The molecule has 1 rings (SSSR count). The highest BCUT2D eigenvalue weighted by Gasteiger charge is 2.40. The Labute approximate surface area is 116 Å². The second-order valence-electron chi connectivity index (χ2n) is 4.82. The molecule has 108 valence electrons. The fourth-order valence-electron chi connectivity index (χ4n) is 2.91. The standard InChI is InChI=1S/C15H27N3O/c1-6-15(7-2,17(8-3)9-4)14(19)13-11-16-18(10-5)12-13/h11-12H,6-10H2,1-5H3.